The molecule has 2 aliphatic rings. The fraction of sp³-hybridized carbons (Fsp3) is 0.238. The van der Waals surface area contributed by atoms with Crippen molar-refractivity contribution in [3.63, 3.8) is 0 Å². The molecule has 5 nitrogen and oxygen atoms in total. The summed E-state index contributed by atoms with van der Waals surface area (Å²) >= 11 is 0. The number of carbonyl (C=O) groups is 1. The Kier molecular flexibility index (Phi) is 4.44. The lowest BCUT2D eigenvalue weighted by Gasteiger charge is -2.26. The second-order valence-electron chi connectivity index (χ2n) is 6.65. The predicted octanol–water partition coefficient (Wildman–Crippen LogP) is 2.45. The summed E-state index contributed by atoms with van der Waals surface area (Å²) in [6.07, 6.45) is 9.99. The van der Waals surface area contributed by atoms with E-state index in [1.165, 1.54) is 16.8 Å². The number of hydrogen-bond donors (Lipinski definition) is 2. The topological polar surface area (TPSA) is 71.2 Å². The molecule has 0 radical (unpaired) electrons. The van der Waals surface area contributed by atoms with Gasteiger partial charge in [-0.15, -0.1) is 0 Å². The number of fused-ring (bicyclic) bond motifs is 1. The normalized spacial score (nSPS) is 15.5. The molecule has 0 unspecified atom stereocenters. The molecule has 0 saturated carbocycles. The third-order valence-corrected chi connectivity index (χ3v) is 5.04. The first-order valence-corrected chi connectivity index (χ1v) is 8.93. The monoisotopic (exact) mass is 346 g/mol. The van der Waals surface area contributed by atoms with E-state index in [1.807, 2.05) is 24.3 Å². The summed E-state index contributed by atoms with van der Waals surface area (Å²) in [5, 5.41) is 2.94. The SMILES string of the molecule is Nc1ncccc1CNC(=O)c1ccc2c(c1)CCN(C1=CC=C1)CC2. The van der Waals surface area contributed by atoms with Gasteiger partial charge in [0.25, 0.3) is 5.91 Å². The Morgan fingerprint density at radius 3 is 2.73 bits per heavy atom. The van der Waals surface area contributed by atoms with Gasteiger partial charge in [-0.05, 0) is 54.3 Å². The van der Waals surface area contributed by atoms with Crippen LogP contribution in [0.2, 0.25) is 0 Å². The van der Waals surface area contributed by atoms with Gasteiger partial charge < -0.3 is 16.0 Å². The van der Waals surface area contributed by atoms with E-state index in [0.29, 0.717) is 17.9 Å². The van der Waals surface area contributed by atoms with Crippen molar-refractivity contribution in [3.8, 4) is 0 Å². The lowest BCUT2D eigenvalue weighted by atomic mass is 10.00. The number of allylic oxidation sites excluding steroid dienone is 3. The summed E-state index contributed by atoms with van der Waals surface area (Å²) in [6.45, 7) is 2.39. The smallest absolute Gasteiger partial charge is 0.251 e. The van der Waals surface area contributed by atoms with Gasteiger partial charge in [-0.2, -0.15) is 0 Å². The molecule has 3 N–H and O–H groups in total. The molecule has 1 aromatic carbocycles. The highest BCUT2D eigenvalue weighted by molar-refractivity contribution is 5.94. The molecule has 0 saturated heterocycles. The van der Waals surface area contributed by atoms with Crippen LogP contribution in [-0.4, -0.2) is 28.9 Å². The van der Waals surface area contributed by atoms with Crippen LogP contribution in [0.1, 0.15) is 27.0 Å². The van der Waals surface area contributed by atoms with E-state index in [1.54, 1.807) is 6.20 Å². The van der Waals surface area contributed by atoms with Gasteiger partial charge in [-0.25, -0.2) is 4.98 Å². The minimum atomic E-state index is -0.0817. The quantitative estimate of drug-likeness (QED) is 0.892. The van der Waals surface area contributed by atoms with E-state index < -0.39 is 0 Å². The number of nitrogen functional groups attached to an aromatic ring is 1. The Balaban J connectivity index is 1.43. The molecule has 1 aromatic heterocycles. The number of nitrogens with two attached hydrogens (primary N) is 1. The standard InChI is InChI=1S/C21H22N4O/c22-20-18(3-2-10-23-20)14-24-21(26)17-7-6-15-8-11-25(19-4-1-5-19)12-9-16(15)13-17/h1-7,10,13H,8-9,11-12,14H2,(H2,22,23)(H,24,26). The highest BCUT2D eigenvalue weighted by atomic mass is 16.1. The molecule has 0 atom stereocenters. The summed E-state index contributed by atoms with van der Waals surface area (Å²) in [5.41, 5.74) is 11.3. The first-order valence-electron chi connectivity index (χ1n) is 8.93. The molecule has 5 heteroatoms. The molecule has 1 aliphatic heterocycles. The summed E-state index contributed by atoms with van der Waals surface area (Å²) in [5.74, 6) is 0.371. The number of hydrogen-bond acceptors (Lipinski definition) is 4. The van der Waals surface area contributed by atoms with E-state index in [-0.39, 0.29) is 5.91 Å². The molecule has 2 aromatic rings. The van der Waals surface area contributed by atoms with Gasteiger partial charge in [-0.3, -0.25) is 4.79 Å². The molecule has 4 rings (SSSR count). The number of rotatable bonds is 4. The van der Waals surface area contributed by atoms with Crippen LogP contribution in [0.25, 0.3) is 0 Å². The molecule has 1 amide bonds. The molecule has 0 spiro atoms. The molecule has 2 heterocycles. The highest BCUT2D eigenvalue weighted by Crippen LogP contribution is 2.22. The van der Waals surface area contributed by atoms with Crippen LogP contribution in [0, 0.1) is 0 Å². The van der Waals surface area contributed by atoms with Gasteiger partial charge in [0.05, 0.1) is 0 Å². The number of benzene rings is 1. The van der Waals surface area contributed by atoms with Gasteiger partial charge in [0, 0.05) is 42.7 Å². The highest BCUT2D eigenvalue weighted by Gasteiger charge is 2.17. The van der Waals surface area contributed by atoms with Crippen LogP contribution < -0.4 is 11.1 Å². The van der Waals surface area contributed by atoms with Crippen LogP contribution in [0.3, 0.4) is 0 Å². The first-order chi connectivity index (χ1) is 12.7. The minimum absolute atomic E-state index is 0.0817. The summed E-state index contributed by atoms with van der Waals surface area (Å²) in [7, 11) is 0. The third-order valence-electron chi connectivity index (χ3n) is 5.04. The van der Waals surface area contributed by atoms with Crippen molar-refractivity contribution in [1.29, 1.82) is 0 Å². The Hall–Kier alpha value is -3.08. The zero-order valence-corrected chi connectivity index (χ0v) is 14.6. The lowest BCUT2D eigenvalue weighted by molar-refractivity contribution is 0.0951. The van der Waals surface area contributed by atoms with Crippen molar-refractivity contribution in [3.05, 3.63) is 82.7 Å². The molecule has 0 fully saturated rings. The van der Waals surface area contributed by atoms with E-state index >= 15 is 0 Å². The minimum Gasteiger partial charge on any atom is -0.383 e. The van der Waals surface area contributed by atoms with E-state index in [9.17, 15) is 4.79 Å². The number of carbonyl (C=O) groups excluding carboxylic acids is 1. The fourth-order valence-corrected chi connectivity index (χ4v) is 3.40. The Bertz CT molecular complexity index is 901. The Morgan fingerprint density at radius 2 is 2.00 bits per heavy atom. The van der Waals surface area contributed by atoms with Crippen molar-refractivity contribution < 1.29 is 4.79 Å². The molecule has 132 valence electrons. The number of nitrogens with one attached hydrogen (secondary N) is 1. The van der Waals surface area contributed by atoms with E-state index in [4.69, 9.17) is 5.73 Å². The van der Waals surface area contributed by atoms with Crippen molar-refractivity contribution in [2.75, 3.05) is 18.8 Å². The molecular weight excluding hydrogens is 324 g/mol. The maximum atomic E-state index is 12.5. The zero-order valence-electron chi connectivity index (χ0n) is 14.6. The maximum absolute atomic E-state index is 12.5. The molecular formula is C21H22N4O. The van der Waals surface area contributed by atoms with Crippen molar-refractivity contribution >= 4 is 11.7 Å². The molecule has 26 heavy (non-hydrogen) atoms. The third kappa shape index (κ3) is 3.33. The predicted molar refractivity (Wildman–Crippen MR) is 102 cm³/mol. The summed E-state index contributed by atoms with van der Waals surface area (Å²) in [4.78, 5) is 19.0. The van der Waals surface area contributed by atoms with E-state index in [0.717, 1.165) is 31.5 Å². The van der Waals surface area contributed by atoms with Gasteiger partial charge >= 0.3 is 0 Å². The fourth-order valence-electron chi connectivity index (χ4n) is 3.40. The Morgan fingerprint density at radius 1 is 1.19 bits per heavy atom. The van der Waals surface area contributed by atoms with Crippen LogP contribution in [0.4, 0.5) is 5.82 Å². The largest absolute Gasteiger partial charge is 0.383 e. The summed E-state index contributed by atoms with van der Waals surface area (Å²) in [6, 6.07) is 9.73. The average Bonchev–Trinajstić information content (AvgIpc) is 2.82. The number of nitrogens with zero attached hydrogens (tertiary/aromatic N) is 2. The summed E-state index contributed by atoms with van der Waals surface area (Å²) < 4.78 is 0. The molecule has 1 aliphatic carbocycles. The second kappa shape index (κ2) is 7.04. The molecule has 0 bridgehead atoms. The van der Waals surface area contributed by atoms with Gasteiger partial charge in [-0.1, -0.05) is 18.2 Å². The van der Waals surface area contributed by atoms with Crippen LogP contribution in [-0.2, 0) is 19.4 Å². The van der Waals surface area contributed by atoms with Crippen molar-refractivity contribution in [1.82, 2.24) is 15.2 Å². The average molecular weight is 346 g/mol. The van der Waals surface area contributed by atoms with Crippen LogP contribution in [0.15, 0.2) is 60.5 Å². The van der Waals surface area contributed by atoms with Crippen molar-refractivity contribution in [2.24, 2.45) is 0 Å². The Labute approximate surface area is 153 Å². The number of pyridine rings is 1. The van der Waals surface area contributed by atoms with E-state index in [2.05, 4.69) is 39.5 Å². The van der Waals surface area contributed by atoms with Gasteiger partial charge in [0.15, 0.2) is 0 Å². The second-order valence-corrected chi connectivity index (χ2v) is 6.65. The zero-order chi connectivity index (χ0) is 17.9. The van der Waals surface area contributed by atoms with Crippen LogP contribution in [0.5, 0.6) is 0 Å². The van der Waals surface area contributed by atoms with Gasteiger partial charge in [0.1, 0.15) is 5.82 Å². The number of aromatic nitrogens is 1. The number of amides is 1. The van der Waals surface area contributed by atoms with Crippen molar-refractivity contribution in [2.45, 2.75) is 19.4 Å². The van der Waals surface area contributed by atoms with Crippen LogP contribution >= 0.6 is 0 Å². The first kappa shape index (κ1) is 16.4. The van der Waals surface area contributed by atoms with Gasteiger partial charge in [0.2, 0.25) is 0 Å². The lowest BCUT2D eigenvalue weighted by Crippen LogP contribution is -2.26. The maximum Gasteiger partial charge on any atom is 0.251 e. The number of anilines is 1.